The first-order valence-electron chi connectivity index (χ1n) is 4.79. The molecule has 90 valence electrons. The van der Waals surface area contributed by atoms with E-state index >= 15 is 0 Å². The molecule has 16 heavy (non-hydrogen) atoms. The fourth-order valence-electron chi connectivity index (χ4n) is 1.24. The van der Waals surface area contributed by atoms with Gasteiger partial charge in [-0.25, -0.2) is 4.98 Å². The Bertz CT molecular complexity index is 396. The summed E-state index contributed by atoms with van der Waals surface area (Å²) in [7, 11) is 0. The van der Waals surface area contributed by atoms with Crippen molar-refractivity contribution >= 4 is 11.8 Å². The van der Waals surface area contributed by atoms with Crippen LogP contribution in [0.25, 0.3) is 0 Å². The van der Waals surface area contributed by atoms with Gasteiger partial charge in [-0.15, -0.1) is 0 Å². The van der Waals surface area contributed by atoms with Crippen molar-refractivity contribution in [3.63, 3.8) is 0 Å². The molecule has 2 atom stereocenters. The minimum Gasteiger partial charge on any atom is -0.390 e. The van der Waals surface area contributed by atoms with Gasteiger partial charge in [0.05, 0.1) is 11.7 Å². The third-order valence-electron chi connectivity index (χ3n) is 2.14. The van der Waals surface area contributed by atoms with Crippen LogP contribution in [0.3, 0.4) is 0 Å². The Hall–Kier alpha value is -0.890. The Morgan fingerprint density at radius 3 is 2.81 bits per heavy atom. The number of H-pyrrole nitrogens is 1. The van der Waals surface area contributed by atoms with E-state index in [1.807, 2.05) is 0 Å². The SMILES string of the molecule is CSc1ncc(C(O)C(O)CCN)c(=O)[nH]1. The van der Waals surface area contributed by atoms with E-state index in [9.17, 15) is 15.0 Å². The monoisotopic (exact) mass is 245 g/mol. The fraction of sp³-hybridized carbons (Fsp3) is 0.556. The lowest BCUT2D eigenvalue weighted by Crippen LogP contribution is -2.27. The Kier molecular flexibility index (Phi) is 4.94. The second-order valence-electron chi connectivity index (χ2n) is 3.27. The van der Waals surface area contributed by atoms with Crippen molar-refractivity contribution in [3.8, 4) is 0 Å². The van der Waals surface area contributed by atoms with Gasteiger partial charge >= 0.3 is 0 Å². The molecular formula is C9H15N3O3S. The number of aromatic amines is 1. The van der Waals surface area contributed by atoms with Crippen LogP contribution in [0.4, 0.5) is 0 Å². The van der Waals surface area contributed by atoms with Crippen molar-refractivity contribution in [2.24, 2.45) is 5.73 Å². The summed E-state index contributed by atoms with van der Waals surface area (Å²) >= 11 is 1.29. The van der Waals surface area contributed by atoms with Gasteiger partial charge in [-0.1, -0.05) is 11.8 Å². The molecule has 7 heteroatoms. The molecule has 0 spiro atoms. The summed E-state index contributed by atoms with van der Waals surface area (Å²) in [4.78, 5) is 18.0. The highest BCUT2D eigenvalue weighted by Crippen LogP contribution is 2.15. The quantitative estimate of drug-likeness (QED) is 0.400. The molecule has 0 aliphatic heterocycles. The molecule has 0 aliphatic rings. The molecule has 0 aliphatic carbocycles. The molecule has 1 rings (SSSR count). The highest BCUT2D eigenvalue weighted by Gasteiger charge is 2.20. The predicted octanol–water partition coefficient (Wildman–Crippen LogP) is -0.765. The molecule has 0 bridgehead atoms. The molecule has 0 radical (unpaired) electrons. The van der Waals surface area contributed by atoms with Gasteiger partial charge in [0.15, 0.2) is 5.16 Å². The van der Waals surface area contributed by atoms with Crippen molar-refractivity contribution < 1.29 is 10.2 Å². The number of thioether (sulfide) groups is 1. The summed E-state index contributed by atoms with van der Waals surface area (Å²) in [6.07, 6.45) is 0.973. The predicted molar refractivity (Wildman–Crippen MR) is 61.3 cm³/mol. The van der Waals surface area contributed by atoms with Crippen molar-refractivity contribution in [1.29, 1.82) is 0 Å². The molecule has 5 N–H and O–H groups in total. The highest BCUT2D eigenvalue weighted by molar-refractivity contribution is 7.98. The second kappa shape index (κ2) is 6.00. The summed E-state index contributed by atoms with van der Waals surface area (Å²) in [5, 5.41) is 19.7. The third-order valence-corrected chi connectivity index (χ3v) is 2.74. The largest absolute Gasteiger partial charge is 0.390 e. The van der Waals surface area contributed by atoms with E-state index in [2.05, 4.69) is 9.97 Å². The number of hydrogen-bond acceptors (Lipinski definition) is 6. The summed E-state index contributed by atoms with van der Waals surface area (Å²) in [5.74, 6) is 0. The van der Waals surface area contributed by atoms with Gasteiger partial charge in [0.2, 0.25) is 0 Å². The zero-order valence-corrected chi connectivity index (χ0v) is 9.70. The van der Waals surface area contributed by atoms with Gasteiger partial charge in [-0.05, 0) is 19.2 Å². The van der Waals surface area contributed by atoms with Gasteiger partial charge < -0.3 is 20.9 Å². The third kappa shape index (κ3) is 3.05. The van der Waals surface area contributed by atoms with E-state index in [-0.39, 0.29) is 18.5 Å². The standard InChI is InChI=1S/C9H15N3O3S/c1-16-9-11-4-5(8(15)12-9)7(14)6(13)2-3-10/h4,6-7,13-14H,2-3,10H2,1H3,(H,11,12,15). The first-order valence-corrected chi connectivity index (χ1v) is 6.02. The minimum atomic E-state index is -1.25. The van der Waals surface area contributed by atoms with Crippen LogP contribution in [0, 0.1) is 0 Å². The van der Waals surface area contributed by atoms with Gasteiger partial charge in [-0.3, -0.25) is 4.79 Å². The summed E-state index contributed by atoms with van der Waals surface area (Å²) in [5.41, 5.74) is 4.87. The molecular weight excluding hydrogens is 230 g/mol. The Morgan fingerprint density at radius 1 is 1.62 bits per heavy atom. The zero-order chi connectivity index (χ0) is 12.1. The lowest BCUT2D eigenvalue weighted by Gasteiger charge is -2.16. The molecule has 1 heterocycles. The van der Waals surface area contributed by atoms with E-state index in [1.165, 1.54) is 18.0 Å². The van der Waals surface area contributed by atoms with Crippen LogP contribution in [0.15, 0.2) is 16.1 Å². The number of rotatable bonds is 5. The summed E-state index contributed by atoms with van der Waals surface area (Å²) in [6, 6.07) is 0. The zero-order valence-electron chi connectivity index (χ0n) is 8.88. The van der Waals surface area contributed by atoms with Crippen LogP contribution in [0.2, 0.25) is 0 Å². The van der Waals surface area contributed by atoms with Gasteiger partial charge in [0.25, 0.3) is 5.56 Å². The van der Waals surface area contributed by atoms with E-state index in [1.54, 1.807) is 6.26 Å². The first-order chi connectivity index (χ1) is 7.60. The maximum absolute atomic E-state index is 11.5. The van der Waals surface area contributed by atoms with Crippen LogP contribution in [0.5, 0.6) is 0 Å². The summed E-state index contributed by atoms with van der Waals surface area (Å²) < 4.78 is 0. The number of nitrogens with one attached hydrogen (secondary N) is 1. The minimum absolute atomic E-state index is 0.0544. The van der Waals surface area contributed by atoms with Crippen LogP contribution in [-0.2, 0) is 0 Å². The van der Waals surface area contributed by atoms with Gasteiger partial charge in [-0.2, -0.15) is 0 Å². The summed E-state index contributed by atoms with van der Waals surface area (Å²) in [6.45, 7) is 0.243. The Balaban J connectivity index is 2.91. The number of nitrogens with zero attached hydrogens (tertiary/aromatic N) is 1. The average molecular weight is 245 g/mol. The van der Waals surface area contributed by atoms with Crippen LogP contribution < -0.4 is 11.3 Å². The fourth-order valence-corrected chi connectivity index (χ4v) is 1.59. The molecule has 0 saturated heterocycles. The number of aromatic nitrogens is 2. The van der Waals surface area contributed by atoms with E-state index in [0.29, 0.717) is 5.16 Å². The number of aliphatic hydroxyl groups is 2. The number of nitrogens with two attached hydrogens (primary N) is 1. The Labute approximate surface area is 96.9 Å². The maximum atomic E-state index is 11.5. The molecule has 0 aromatic carbocycles. The van der Waals surface area contributed by atoms with Crippen molar-refractivity contribution in [2.75, 3.05) is 12.8 Å². The smallest absolute Gasteiger partial charge is 0.257 e. The normalized spacial score (nSPS) is 14.8. The van der Waals surface area contributed by atoms with E-state index < -0.39 is 17.8 Å². The molecule has 0 saturated carbocycles. The Morgan fingerprint density at radius 2 is 2.31 bits per heavy atom. The molecule has 1 aromatic rings. The van der Waals surface area contributed by atoms with Crippen LogP contribution >= 0.6 is 11.8 Å². The molecule has 2 unspecified atom stereocenters. The van der Waals surface area contributed by atoms with Crippen LogP contribution in [0.1, 0.15) is 18.1 Å². The van der Waals surface area contributed by atoms with Crippen molar-refractivity contribution in [1.82, 2.24) is 9.97 Å². The lowest BCUT2D eigenvalue weighted by molar-refractivity contribution is 0.0139. The molecule has 1 aromatic heterocycles. The molecule has 0 fully saturated rings. The maximum Gasteiger partial charge on any atom is 0.257 e. The lowest BCUT2D eigenvalue weighted by atomic mass is 10.1. The topological polar surface area (TPSA) is 112 Å². The van der Waals surface area contributed by atoms with Gasteiger partial charge in [0.1, 0.15) is 6.10 Å². The molecule has 0 amide bonds. The number of hydrogen-bond donors (Lipinski definition) is 4. The molecule has 6 nitrogen and oxygen atoms in total. The average Bonchev–Trinajstić information content (AvgIpc) is 2.28. The number of aliphatic hydroxyl groups excluding tert-OH is 2. The van der Waals surface area contributed by atoms with E-state index in [4.69, 9.17) is 5.73 Å². The highest BCUT2D eigenvalue weighted by atomic mass is 32.2. The van der Waals surface area contributed by atoms with Crippen LogP contribution in [-0.4, -0.2) is 39.1 Å². The van der Waals surface area contributed by atoms with E-state index in [0.717, 1.165) is 0 Å². The van der Waals surface area contributed by atoms with Gasteiger partial charge in [0, 0.05) is 6.20 Å². The van der Waals surface area contributed by atoms with Crippen molar-refractivity contribution in [3.05, 3.63) is 22.1 Å². The second-order valence-corrected chi connectivity index (χ2v) is 4.06. The first kappa shape index (κ1) is 13.2. The van der Waals surface area contributed by atoms with Crippen molar-refractivity contribution in [2.45, 2.75) is 23.8 Å².